The van der Waals surface area contributed by atoms with Crippen molar-refractivity contribution in [3.63, 3.8) is 0 Å². The zero-order valence-corrected chi connectivity index (χ0v) is 32.8. The molecule has 2 aliphatic carbocycles. The van der Waals surface area contributed by atoms with Crippen LogP contribution in [0.1, 0.15) is 79.8 Å². The molecule has 9 heteroatoms. The summed E-state index contributed by atoms with van der Waals surface area (Å²) in [6.45, 7) is 14.5. The van der Waals surface area contributed by atoms with Crippen LogP contribution < -0.4 is 0 Å². The van der Waals surface area contributed by atoms with Crippen molar-refractivity contribution in [1.29, 1.82) is 0 Å². The van der Waals surface area contributed by atoms with E-state index in [1.807, 2.05) is 13.8 Å². The fourth-order valence-electron chi connectivity index (χ4n) is 5.53. The molecule has 0 bridgehead atoms. The molecule has 2 atom stereocenters. The molecular weight excluding hydrogens is 720 g/mol. The van der Waals surface area contributed by atoms with Gasteiger partial charge in [0.05, 0.1) is 9.79 Å². The summed E-state index contributed by atoms with van der Waals surface area (Å²) in [5, 5.41) is 0. The van der Waals surface area contributed by atoms with Crippen LogP contribution in [0.2, 0.25) is 0 Å². The molecule has 0 aliphatic heterocycles. The molecule has 4 aromatic carbocycles. The normalized spacial score (nSPS) is 16.8. The molecule has 0 saturated heterocycles. The van der Waals surface area contributed by atoms with Crippen LogP contribution in [0.5, 0.6) is 0 Å². The number of hydrogen-bond acceptors (Lipinski definition) is 6. The van der Waals surface area contributed by atoms with E-state index in [4.69, 9.17) is 0 Å². The second-order valence-electron chi connectivity index (χ2n) is 12.2. The Labute approximate surface area is 307 Å². The Bertz CT molecular complexity index is 1830. The maximum Gasteiger partial charge on any atom is 4.00 e. The summed E-state index contributed by atoms with van der Waals surface area (Å²) in [7, 11) is -8.54. The minimum Gasteiger partial charge on any atom is -0.744 e. The van der Waals surface area contributed by atoms with Crippen molar-refractivity contribution in [2.45, 2.75) is 83.4 Å². The molecule has 0 spiro atoms. The van der Waals surface area contributed by atoms with E-state index < -0.39 is 20.2 Å². The number of benzene rings is 3. The number of rotatable bonds is 3. The summed E-state index contributed by atoms with van der Waals surface area (Å²) >= 11 is 0. The number of allylic oxidation sites excluding steroid dienone is 4. The van der Waals surface area contributed by atoms with Gasteiger partial charge in [-0.3, -0.25) is 6.08 Å². The molecular formula is C39H44O6S2Zr. The van der Waals surface area contributed by atoms with Gasteiger partial charge in [0.2, 0.25) is 0 Å². The summed E-state index contributed by atoms with van der Waals surface area (Å²) in [4.78, 5) is -0.355. The van der Waals surface area contributed by atoms with Crippen molar-refractivity contribution in [2.24, 2.45) is 5.92 Å². The Morgan fingerprint density at radius 2 is 1.21 bits per heavy atom. The molecule has 48 heavy (non-hydrogen) atoms. The van der Waals surface area contributed by atoms with E-state index in [1.54, 1.807) is 35.4 Å². The smallest absolute Gasteiger partial charge is 0.744 e. The molecule has 6 rings (SSSR count). The predicted molar refractivity (Wildman–Crippen MR) is 186 cm³/mol. The fraction of sp³-hybridized carbons (Fsp3) is 0.308. The number of hydrogen-bond donors (Lipinski definition) is 0. The Kier molecular flexibility index (Phi) is 15.7. The van der Waals surface area contributed by atoms with Crippen LogP contribution in [-0.4, -0.2) is 25.9 Å². The van der Waals surface area contributed by atoms with Crippen molar-refractivity contribution in [1.82, 2.24) is 0 Å². The van der Waals surface area contributed by atoms with Crippen LogP contribution in [0.15, 0.2) is 118 Å². The van der Waals surface area contributed by atoms with E-state index in [1.165, 1.54) is 71.4 Å². The van der Waals surface area contributed by atoms with E-state index >= 15 is 0 Å². The van der Waals surface area contributed by atoms with Gasteiger partial charge >= 0.3 is 26.2 Å². The molecule has 0 N–H and O–H groups in total. The first-order chi connectivity index (χ1) is 22.0. The SMILES string of the molecule is CC1=[C-]C(C)C(C)=C1C.Cc1cc2c([cH-]1)CCCC2c1ccccc1.Cc1ccc(S(=O)(=O)[O-])cc1.Cc1ccc(S(=O)(=O)[O-])cc1.[Zr+4]. The zero-order valence-electron chi connectivity index (χ0n) is 28.7. The van der Waals surface area contributed by atoms with Crippen molar-refractivity contribution in [3.05, 3.63) is 147 Å². The molecule has 0 saturated carbocycles. The van der Waals surface area contributed by atoms with Gasteiger partial charge in [-0.2, -0.15) is 33.9 Å². The van der Waals surface area contributed by atoms with Gasteiger partial charge in [-0.1, -0.05) is 124 Å². The minimum absolute atomic E-state index is 0. The molecule has 0 amide bonds. The molecule has 0 aromatic heterocycles. The average molecular weight is 764 g/mol. The van der Waals surface area contributed by atoms with E-state index in [2.05, 4.69) is 83.2 Å². The van der Waals surface area contributed by atoms with E-state index in [0.717, 1.165) is 11.1 Å². The quantitative estimate of drug-likeness (QED) is 0.152. The largest absolute Gasteiger partial charge is 4.00 e. The Morgan fingerprint density at radius 1 is 0.729 bits per heavy atom. The molecule has 2 unspecified atom stereocenters. The van der Waals surface area contributed by atoms with Gasteiger partial charge in [-0.05, 0) is 44.0 Å². The monoisotopic (exact) mass is 762 g/mol. The molecule has 6 nitrogen and oxygen atoms in total. The summed E-state index contributed by atoms with van der Waals surface area (Å²) in [6.07, 6.45) is 7.26. The molecule has 2 aliphatic rings. The van der Waals surface area contributed by atoms with Crippen LogP contribution in [0.3, 0.4) is 0 Å². The van der Waals surface area contributed by atoms with E-state index in [-0.39, 0.29) is 36.0 Å². The van der Waals surface area contributed by atoms with E-state index in [0.29, 0.717) is 11.8 Å². The Hall–Kier alpha value is -2.81. The van der Waals surface area contributed by atoms with Gasteiger partial charge in [0.15, 0.2) is 0 Å². The van der Waals surface area contributed by atoms with Gasteiger partial charge in [0.25, 0.3) is 0 Å². The van der Waals surface area contributed by atoms with Crippen molar-refractivity contribution >= 4 is 20.2 Å². The second kappa shape index (κ2) is 18.3. The van der Waals surface area contributed by atoms with Gasteiger partial charge in [0, 0.05) is 0 Å². The van der Waals surface area contributed by atoms with Gasteiger partial charge in [-0.15, -0.1) is 6.92 Å². The standard InChI is InChI=1S/C16H17.C9H13.2C7H8O3S.Zr/c1-12-10-14-8-5-9-15(16(14)11-12)13-6-3-2-4-7-13;1-6-5-7(2)9(4)8(6)3;2*1-6-2-4-7(5-3-6)11(8,9)10;/h2-4,6-7,10-11,15H,5,8-9H2,1H3;6H,1-4H3;2*2-5H,1H3,(H,8,9,10);/q2*-1;;;+4/p-2. The summed E-state index contributed by atoms with van der Waals surface area (Å²) in [5.74, 6) is 1.20. The molecule has 0 heterocycles. The maximum absolute atomic E-state index is 10.4. The van der Waals surface area contributed by atoms with Crippen LogP contribution >= 0.6 is 0 Å². The molecule has 252 valence electrons. The van der Waals surface area contributed by atoms with Crippen molar-refractivity contribution < 1.29 is 52.1 Å². The van der Waals surface area contributed by atoms with Gasteiger partial charge in [0.1, 0.15) is 20.2 Å². The molecule has 0 radical (unpaired) electrons. The van der Waals surface area contributed by atoms with Gasteiger partial charge in [-0.25, -0.2) is 28.5 Å². The average Bonchev–Trinajstić information content (AvgIpc) is 3.51. The van der Waals surface area contributed by atoms with Crippen LogP contribution in [-0.2, 0) is 52.9 Å². The fourth-order valence-corrected chi connectivity index (χ4v) is 6.47. The van der Waals surface area contributed by atoms with Crippen LogP contribution in [0.25, 0.3) is 0 Å². The van der Waals surface area contributed by atoms with Crippen LogP contribution in [0, 0.1) is 32.8 Å². The third-order valence-corrected chi connectivity index (χ3v) is 10.2. The zero-order chi connectivity index (χ0) is 34.9. The third kappa shape index (κ3) is 12.3. The molecule has 4 aromatic rings. The Balaban J connectivity index is 0.000000227. The predicted octanol–water partition coefficient (Wildman–Crippen LogP) is 8.70. The summed E-state index contributed by atoms with van der Waals surface area (Å²) < 4.78 is 62.3. The first-order valence-electron chi connectivity index (χ1n) is 15.6. The van der Waals surface area contributed by atoms with Crippen molar-refractivity contribution in [3.8, 4) is 0 Å². The second-order valence-corrected chi connectivity index (χ2v) is 15.0. The van der Waals surface area contributed by atoms with E-state index in [9.17, 15) is 25.9 Å². The molecule has 0 fully saturated rings. The maximum atomic E-state index is 10.4. The topological polar surface area (TPSA) is 114 Å². The number of aryl methyl sites for hydroxylation is 4. The van der Waals surface area contributed by atoms with Crippen molar-refractivity contribution in [2.75, 3.05) is 0 Å². The summed E-state index contributed by atoms with van der Waals surface area (Å²) in [5.41, 5.74) is 12.2. The Morgan fingerprint density at radius 3 is 1.58 bits per heavy atom. The van der Waals surface area contributed by atoms with Gasteiger partial charge < -0.3 is 9.11 Å². The summed E-state index contributed by atoms with van der Waals surface area (Å²) in [6, 6.07) is 27.2. The first kappa shape index (κ1) is 41.4. The number of fused-ring (bicyclic) bond motifs is 1. The third-order valence-electron chi connectivity index (χ3n) is 8.53. The minimum atomic E-state index is -4.27. The van der Waals surface area contributed by atoms with Crippen LogP contribution in [0.4, 0.5) is 0 Å². The first-order valence-corrected chi connectivity index (χ1v) is 18.4.